The lowest BCUT2D eigenvalue weighted by atomic mass is 9.86. The fraction of sp³-hybridized carbons (Fsp3) is 0.476. The highest BCUT2D eigenvalue weighted by Crippen LogP contribution is 2.28. The number of esters is 1. The van der Waals surface area contributed by atoms with Crippen LogP contribution in [0.2, 0.25) is 0 Å². The van der Waals surface area contributed by atoms with E-state index >= 15 is 0 Å². The van der Waals surface area contributed by atoms with Crippen molar-refractivity contribution in [1.82, 2.24) is 5.32 Å². The molecule has 6 heteroatoms. The van der Waals surface area contributed by atoms with E-state index in [0.29, 0.717) is 17.1 Å². The van der Waals surface area contributed by atoms with Crippen LogP contribution in [-0.2, 0) is 9.59 Å². The molecule has 0 atom stereocenters. The second-order valence-corrected chi connectivity index (χ2v) is 8.16. The molecule has 1 aromatic rings. The van der Waals surface area contributed by atoms with Crippen LogP contribution in [0.1, 0.15) is 63.4 Å². The molecule has 2 fully saturated rings. The standard InChI is InChI=1S/C21H25NO4S/c23-19(9-5-4-8-15-6-2-1-3-7-15)26-17-12-10-16(11-13-17)14-18-20(24)22-21(25)27-18/h10-15H,1-9H2,(H,22,24,25)/b18-14-. The maximum absolute atomic E-state index is 12.0. The number of benzene rings is 1. The zero-order chi connectivity index (χ0) is 19.1. The van der Waals surface area contributed by atoms with E-state index in [0.717, 1.165) is 36.1 Å². The summed E-state index contributed by atoms with van der Waals surface area (Å²) in [5.74, 6) is 0.760. The first-order valence-electron chi connectivity index (χ1n) is 9.66. The molecule has 1 heterocycles. The Bertz CT molecular complexity index is 720. The van der Waals surface area contributed by atoms with Gasteiger partial charge in [-0.05, 0) is 47.9 Å². The van der Waals surface area contributed by atoms with Crippen LogP contribution in [0, 0.1) is 5.92 Å². The maximum atomic E-state index is 12.0. The van der Waals surface area contributed by atoms with Crippen LogP contribution < -0.4 is 10.1 Å². The number of hydrogen-bond donors (Lipinski definition) is 1. The Balaban J connectivity index is 1.40. The Labute approximate surface area is 163 Å². The summed E-state index contributed by atoms with van der Waals surface area (Å²) in [5.41, 5.74) is 0.773. The summed E-state index contributed by atoms with van der Waals surface area (Å²) in [6, 6.07) is 6.92. The largest absolute Gasteiger partial charge is 0.427 e. The van der Waals surface area contributed by atoms with E-state index in [-0.39, 0.29) is 17.1 Å². The third-order valence-corrected chi connectivity index (χ3v) is 5.83. The quantitative estimate of drug-likeness (QED) is 0.306. The van der Waals surface area contributed by atoms with Gasteiger partial charge in [-0.1, -0.05) is 57.1 Å². The Kier molecular flexibility index (Phi) is 7.10. The summed E-state index contributed by atoms with van der Waals surface area (Å²) in [6.45, 7) is 0. The minimum atomic E-state index is -0.381. The Hall–Kier alpha value is -2.08. The topological polar surface area (TPSA) is 72.5 Å². The number of rotatable bonds is 7. The first kappa shape index (κ1) is 19.7. The molecule has 5 nitrogen and oxygen atoms in total. The molecule has 0 aromatic heterocycles. The molecule has 1 saturated carbocycles. The van der Waals surface area contributed by atoms with Gasteiger partial charge in [0.1, 0.15) is 5.75 Å². The highest BCUT2D eigenvalue weighted by atomic mass is 32.2. The SMILES string of the molecule is O=C(CCCCC1CCCCC1)Oc1ccc(/C=C2\SC(=O)NC2=O)cc1. The van der Waals surface area contributed by atoms with Crippen molar-refractivity contribution in [3.8, 4) is 5.75 Å². The molecule has 1 aliphatic carbocycles. The van der Waals surface area contributed by atoms with Gasteiger partial charge < -0.3 is 4.74 Å². The number of amides is 2. The van der Waals surface area contributed by atoms with Gasteiger partial charge in [-0.25, -0.2) is 0 Å². The van der Waals surface area contributed by atoms with Gasteiger partial charge in [0.25, 0.3) is 11.1 Å². The van der Waals surface area contributed by atoms with Gasteiger partial charge in [0.15, 0.2) is 0 Å². The highest BCUT2D eigenvalue weighted by Gasteiger charge is 2.24. The summed E-state index contributed by atoms with van der Waals surface area (Å²) in [5, 5.41) is 1.86. The van der Waals surface area contributed by atoms with Gasteiger partial charge >= 0.3 is 5.97 Å². The van der Waals surface area contributed by atoms with Crippen molar-refractivity contribution in [3.63, 3.8) is 0 Å². The van der Waals surface area contributed by atoms with Crippen LogP contribution in [0.4, 0.5) is 4.79 Å². The monoisotopic (exact) mass is 387 g/mol. The van der Waals surface area contributed by atoms with Crippen LogP contribution in [0.5, 0.6) is 5.75 Å². The van der Waals surface area contributed by atoms with Crippen molar-refractivity contribution < 1.29 is 19.1 Å². The Morgan fingerprint density at radius 2 is 1.85 bits per heavy atom. The molecular formula is C21H25NO4S. The molecule has 0 bridgehead atoms. The van der Waals surface area contributed by atoms with Crippen molar-refractivity contribution in [2.75, 3.05) is 0 Å². The van der Waals surface area contributed by atoms with E-state index in [9.17, 15) is 14.4 Å². The fourth-order valence-electron chi connectivity index (χ4n) is 3.57. The molecule has 1 N–H and O–H groups in total. The average molecular weight is 388 g/mol. The van der Waals surface area contributed by atoms with E-state index in [2.05, 4.69) is 5.32 Å². The lowest BCUT2D eigenvalue weighted by Gasteiger charge is -2.21. The third kappa shape index (κ3) is 6.24. The normalized spacial score (nSPS) is 19.3. The first-order chi connectivity index (χ1) is 13.1. The molecule has 3 rings (SSSR count). The zero-order valence-corrected chi connectivity index (χ0v) is 16.2. The molecule has 144 valence electrons. The third-order valence-electron chi connectivity index (χ3n) is 5.02. The van der Waals surface area contributed by atoms with Crippen molar-refractivity contribution in [1.29, 1.82) is 0 Å². The lowest BCUT2D eigenvalue weighted by molar-refractivity contribution is -0.134. The van der Waals surface area contributed by atoms with E-state index in [1.165, 1.54) is 38.5 Å². The molecule has 27 heavy (non-hydrogen) atoms. The number of carbonyl (C=O) groups excluding carboxylic acids is 3. The van der Waals surface area contributed by atoms with Crippen LogP contribution >= 0.6 is 11.8 Å². The minimum absolute atomic E-state index is 0.207. The Morgan fingerprint density at radius 3 is 2.52 bits per heavy atom. The summed E-state index contributed by atoms with van der Waals surface area (Å²) in [6.07, 6.45) is 12.1. The van der Waals surface area contributed by atoms with Gasteiger partial charge in [0, 0.05) is 6.42 Å². The molecule has 2 aliphatic rings. The Morgan fingerprint density at radius 1 is 1.11 bits per heavy atom. The molecule has 1 aliphatic heterocycles. The number of ether oxygens (including phenoxy) is 1. The summed E-state index contributed by atoms with van der Waals surface area (Å²) >= 11 is 0.881. The van der Waals surface area contributed by atoms with Gasteiger partial charge in [-0.3, -0.25) is 19.7 Å². The van der Waals surface area contributed by atoms with E-state index in [1.807, 2.05) is 0 Å². The van der Waals surface area contributed by atoms with Crippen molar-refractivity contribution >= 4 is 35.0 Å². The van der Waals surface area contributed by atoms with E-state index in [1.54, 1.807) is 30.3 Å². The molecule has 0 unspecified atom stereocenters. The molecule has 0 radical (unpaired) electrons. The second kappa shape index (κ2) is 9.74. The van der Waals surface area contributed by atoms with Crippen LogP contribution in [-0.4, -0.2) is 17.1 Å². The first-order valence-corrected chi connectivity index (χ1v) is 10.5. The van der Waals surface area contributed by atoms with Gasteiger partial charge in [0.05, 0.1) is 4.91 Å². The number of imide groups is 1. The van der Waals surface area contributed by atoms with E-state index in [4.69, 9.17) is 4.74 Å². The number of unbranched alkanes of at least 4 members (excludes halogenated alkanes) is 1. The predicted octanol–water partition coefficient (Wildman–Crippen LogP) is 5.06. The van der Waals surface area contributed by atoms with Crippen LogP contribution in [0.25, 0.3) is 6.08 Å². The summed E-state index contributed by atoms with van der Waals surface area (Å²) < 4.78 is 5.37. The second-order valence-electron chi connectivity index (χ2n) is 7.15. The molecule has 0 spiro atoms. The van der Waals surface area contributed by atoms with Crippen molar-refractivity contribution in [2.24, 2.45) is 5.92 Å². The van der Waals surface area contributed by atoms with Crippen molar-refractivity contribution in [2.45, 2.75) is 57.8 Å². The summed E-state index contributed by atoms with van der Waals surface area (Å²) in [4.78, 5) is 35.0. The van der Waals surface area contributed by atoms with Gasteiger partial charge in [-0.2, -0.15) is 0 Å². The maximum Gasteiger partial charge on any atom is 0.311 e. The number of carbonyl (C=O) groups is 3. The lowest BCUT2D eigenvalue weighted by Crippen LogP contribution is -2.17. The summed E-state index contributed by atoms with van der Waals surface area (Å²) in [7, 11) is 0. The molecule has 2 amide bonds. The highest BCUT2D eigenvalue weighted by molar-refractivity contribution is 8.18. The van der Waals surface area contributed by atoms with Gasteiger partial charge in [0.2, 0.25) is 0 Å². The smallest absolute Gasteiger partial charge is 0.311 e. The number of thioether (sulfide) groups is 1. The predicted molar refractivity (Wildman–Crippen MR) is 106 cm³/mol. The number of hydrogen-bond acceptors (Lipinski definition) is 5. The zero-order valence-electron chi connectivity index (χ0n) is 15.4. The van der Waals surface area contributed by atoms with Crippen LogP contribution in [0.15, 0.2) is 29.2 Å². The number of nitrogens with one attached hydrogen (secondary N) is 1. The molecule has 1 saturated heterocycles. The van der Waals surface area contributed by atoms with Crippen LogP contribution in [0.3, 0.4) is 0 Å². The average Bonchev–Trinajstić information content (AvgIpc) is 2.98. The van der Waals surface area contributed by atoms with Gasteiger partial charge in [-0.15, -0.1) is 0 Å². The van der Waals surface area contributed by atoms with E-state index < -0.39 is 0 Å². The molecule has 1 aromatic carbocycles. The minimum Gasteiger partial charge on any atom is -0.427 e. The van der Waals surface area contributed by atoms with Crippen molar-refractivity contribution in [3.05, 3.63) is 34.7 Å². The fourth-order valence-corrected chi connectivity index (χ4v) is 4.25. The molecular weight excluding hydrogens is 362 g/mol.